The number of hydrogen-bond donors (Lipinski definition) is 1. The fourth-order valence-corrected chi connectivity index (χ4v) is 2.55. The second kappa shape index (κ2) is 5.33. The highest BCUT2D eigenvalue weighted by atomic mass is 79.9. The number of aliphatic carboxylic acids is 1. The van der Waals surface area contributed by atoms with Gasteiger partial charge in [-0.2, -0.15) is 0 Å². The van der Waals surface area contributed by atoms with Crippen molar-refractivity contribution in [2.24, 2.45) is 5.41 Å². The van der Waals surface area contributed by atoms with Crippen LogP contribution in [0.3, 0.4) is 0 Å². The average molecular weight is 326 g/mol. The molecule has 0 heterocycles. The van der Waals surface area contributed by atoms with Gasteiger partial charge in [-0.25, -0.2) is 0 Å². The lowest BCUT2D eigenvalue weighted by Crippen LogP contribution is -2.39. The highest BCUT2D eigenvalue weighted by Gasteiger charge is 2.58. The standard InChI is InChI=1S/C14H16BrNO3/c1-16(12(17)14(6-7-14)13(18)19)8-5-10-3-2-4-11(15)9-10/h2-4,9H,5-8H2,1H3,(H,18,19). The molecule has 1 aromatic rings. The van der Waals surface area contributed by atoms with Crippen LogP contribution in [0, 0.1) is 5.41 Å². The highest BCUT2D eigenvalue weighted by Crippen LogP contribution is 2.47. The van der Waals surface area contributed by atoms with Gasteiger partial charge in [0.05, 0.1) is 0 Å². The molecule has 1 fully saturated rings. The number of amides is 1. The summed E-state index contributed by atoms with van der Waals surface area (Å²) in [6.07, 6.45) is 1.64. The number of halogens is 1. The Morgan fingerprint density at radius 2 is 2.11 bits per heavy atom. The first-order chi connectivity index (χ1) is 8.95. The first-order valence-electron chi connectivity index (χ1n) is 6.19. The number of carbonyl (C=O) groups excluding carboxylic acids is 1. The molecule has 1 aliphatic carbocycles. The summed E-state index contributed by atoms with van der Waals surface area (Å²) in [4.78, 5) is 24.7. The molecule has 0 radical (unpaired) electrons. The van der Waals surface area contributed by atoms with Crippen LogP contribution in [-0.2, 0) is 16.0 Å². The van der Waals surface area contributed by atoms with Crippen molar-refractivity contribution in [3.63, 3.8) is 0 Å². The normalized spacial score (nSPS) is 15.9. The second-order valence-electron chi connectivity index (χ2n) is 4.99. The number of hydrogen-bond acceptors (Lipinski definition) is 2. The van der Waals surface area contributed by atoms with Gasteiger partial charge in [0.25, 0.3) is 0 Å². The molecule has 1 aliphatic rings. The molecule has 0 unspecified atom stereocenters. The van der Waals surface area contributed by atoms with E-state index < -0.39 is 11.4 Å². The lowest BCUT2D eigenvalue weighted by Gasteiger charge is -2.21. The fraction of sp³-hybridized carbons (Fsp3) is 0.429. The molecule has 1 aromatic carbocycles. The minimum absolute atomic E-state index is 0.269. The van der Waals surface area contributed by atoms with Crippen LogP contribution in [0.15, 0.2) is 28.7 Å². The van der Waals surface area contributed by atoms with E-state index in [9.17, 15) is 9.59 Å². The number of likely N-dealkylation sites (N-methyl/N-ethyl adjacent to an activating group) is 1. The predicted octanol–water partition coefficient (Wildman–Crippen LogP) is 2.31. The number of carboxylic acids is 1. The fourth-order valence-electron chi connectivity index (χ4n) is 2.10. The van der Waals surface area contributed by atoms with Crippen molar-refractivity contribution in [3.8, 4) is 0 Å². The zero-order valence-corrected chi connectivity index (χ0v) is 12.3. The lowest BCUT2D eigenvalue weighted by molar-refractivity contribution is -0.152. The molecule has 4 nitrogen and oxygen atoms in total. The van der Waals surface area contributed by atoms with Crippen LogP contribution in [0.25, 0.3) is 0 Å². The van der Waals surface area contributed by atoms with Gasteiger partial charge in [-0.3, -0.25) is 9.59 Å². The molecule has 19 heavy (non-hydrogen) atoms. The van der Waals surface area contributed by atoms with Gasteiger partial charge in [-0.15, -0.1) is 0 Å². The van der Waals surface area contributed by atoms with Crippen LogP contribution < -0.4 is 0 Å². The summed E-state index contributed by atoms with van der Waals surface area (Å²) in [5, 5.41) is 9.09. The van der Waals surface area contributed by atoms with E-state index in [0.717, 1.165) is 16.5 Å². The zero-order chi connectivity index (χ0) is 14.0. The van der Waals surface area contributed by atoms with Crippen LogP contribution in [-0.4, -0.2) is 35.5 Å². The van der Waals surface area contributed by atoms with E-state index in [1.54, 1.807) is 7.05 Å². The molecule has 0 atom stereocenters. The summed E-state index contributed by atoms with van der Waals surface area (Å²) in [5.41, 5.74) is -0.0133. The van der Waals surface area contributed by atoms with E-state index in [-0.39, 0.29) is 5.91 Å². The molecule has 0 spiro atoms. The quantitative estimate of drug-likeness (QED) is 0.845. The molecule has 1 N–H and O–H groups in total. The van der Waals surface area contributed by atoms with Crippen molar-refractivity contribution < 1.29 is 14.7 Å². The topological polar surface area (TPSA) is 57.6 Å². The van der Waals surface area contributed by atoms with Gasteiger partial charge in [-0.05, 0) is 37.0 Å². The summed E-state index contributed by atoms with van der Waals surface area (Å²) in [5.74, 6) is -1.26. The Bertz CT molecular complexity index is 511. The number of benzene rings is 1. The average Bonchev–Trinajstić information content (AvgIpc) is 3.16. The van der Waals surface area contributed by atoms with E-state index in [0.29, 0.717) is 19.4 Å². The lowest BCUT2D eigenvalue weighted by atomic mass is 10.1. The smallest absolute Gasteiger partial charge is 0.319 e. The van der Waals surface area contributed by atoms with Crippen LogP contribution in [0.5, 0.6) is 0 Å². The Morgan fingerprint density at radius 1 is 1.42 bits per heavy atom. The molecule has 0 saturated heterocycles. The molecular formula is C14H16BrNO3. The third kappa shape index (κ3) is 2.97. The molecule has 1 saturated carbocycles. The van der Waals surface area contributed by atoms with Gasteiger partial charge in [0.15, 0.2) is 0 Å². The first kappa shape index (κ1) is 14.1. The summed E-state index contributed by atoms with van der Waals surface area (Å²) in [6, 6.07) is 7.89. The van der Waals surface area contributed by atoms with Gasteiger partial charge in [0.1, 0.15) is 5.41 Å². The third-order valence-electron chi connectivity index (χ3n) is 3.54. The first-order valence-corrected chi connectivity index (χ1v) is 6.98. The van der Waals surface area contributed by atoms with Crippen LogP contribution in [0.4, 0.5) is 0 Å². The molecule has 0 bridgehead atoms. The van der Waals surface area contributed by atoms with Gasteiger partial charge < -0.3 is 10.0 Å². The molecule has 0 aromatic heterocycles. The van der Waals surface area contributed by atoms with Crippen molar-refractivity contribution >= 4 is 27.8 Å². The van der Waals surface area contributed by atoms with E-state index in [4.69, 9.17) is 5.11 Å². The largest absolute Gasteiger partial charge is 0.480 e. The van der Waals surface area contributed by atoms with E-state index in [1.165, 1.54) is 4.90 Å². The Morgan fingerprint density at radius 3 is 2.63 bits per heavy atom. The van der Waals surface area contributed by atoms with Crippen molar-refractivity contribution in [1.82, 2.24) is 4.90 Å². The Labute approximate surface area is 120 Å². The third-order valence-corrected chi connectivity index (χ3v) is 4.03. The number of rotatable bonds is 5. The zero-order valence-electron chi connectivity index (χ0n) is 10.7. The van der Waals surface area contributed by atoms with Crippen molar-refractivity contribution in [1.29, 1.82) is 0 Å². The molecular weight excluding hydrogens is 310 g/mol. The Kier molecular flexibility index (Phi) is 3.94. The number of carboxylic acid groups (broad SMARTS) is 1. The molecule has 102 valence electrons. The summed E-state index contributed by atoms with van der Waals surface area (Å²) < 4.78 is 1.00. The van der Waals surface area contributed by atoms with E-state index >= 15 is 0 Å². The maximum absolute atomic E-state index is 12.1. The highest BCUT2D eigenvalue weighted by molar-refractivity contribution is 9.10. The Hall–Kier alpha value is -1.36. The minimum Gasteiger partial charge on any atom is -0.480 e. The maximum atomic E-state index is 12.1. The molecule has 5 heteroatoms. The van der Waals surface area contributed by atoms with Crippen molar-refractivity contribution in [2.45, 2.75) is 19.3 Å². The maximum Gasteiger partial charge on any atom is 0.319 e. The molecule has 1 amide bonds. The van der Waals surface area contributed by atoms with Gasteiger partial charge in [0, 0.05) is 18.1 Å². The van der Waals surface area contributed by atoms with Crippen LogP contribution in [0.2, 0.25) is 0 Å². The number of nitrogens with zero attached hydrogens (tertiary/aromatic N) is 1. The SMILES string of the molecule is CN(CCc1cccc(Br)c1)C(=O)C1(C(=O)O)CC1. The summed E-state index contributed by atoms with van der Waals surface area (Å²) in [6.45, 7) is 0.532. The van der Waals surface area contributed by atoms with Gasteiger partial charge >= 0.3 is 5.97 Å². The van der Waals surface area contributed by atoms with Crippen molar-refractivity contribution in [2.75, 3.05) is 13.6 Å². The monoisotopic (exact) mass is 325 g/mol. The van der Waals surface area contributed by atoms with Gasteiger partial charge in [-0.1, -0.05) is 28.1 Å². The summed E-state index contributed by atoms with van der Waals surface area (Å²) >= 11 is 3.40. The second-order valence-corrected chi connectivity index (χ2v) is 5.91. The molecule has 0 aliphatic heterocycles. The predicted molar refractivity (Wildman–Crippen MR) is 74.8 cm³/mol. The summed E-state index contributed by atoms with van der Waals surface area (Å²) in [7, 11) is 1.67. The van der Waals surface area contributed by atoms with E-state index in [2.05, 4.69) is 15.9 Å². The van der Waals surface area contributed by atoms with Crippen LogP contribution in [0.1, 0.15) is 18.4 Å². The van der Waals surface area contributed by atoms with Crippen LogP contribution >= 0.6 is 15.9 Å². The van der Waals surface area contributed by atoms with E-state index in [1.807, 2.05) is 24.3 Å². The minimum atomic E-state index is -1.13. The number of carbonyl (C=O) groups is 2. The molecule has 2 rings (SSSR count). The van der Waals surface area contributed by atoms with Crippen molar-refractivity contribution in [3.05, 3.63) is 34.3 Å². The van der Waals surface area contributed by atoms with Gasteiger partial charge in [0.2, 0.25) is 5.91 Å². The Balaban J connectivity index is 1.93.